The Bertz CT molecular complexity index is 996. The number of hydrogen-bond donors (Lipinski definition) is 1. The third-order valence-corrected chi connectivity index (χ3v) is 4.00. The molecular formula is C17H10BrF3N4O3. The van der Waals surface area contributed by atoms with Crippen molar-refractivity contribution in [2.45, 2.75) is 6.18 Å². The fraction of sp³-hybridized carbons (Fsp3) is 0.0588. The van der Waals surface area contributed by atoms with Gasteiger partial charge in [-0.25, -0.2) is 4.98 Å². The molecule has 0 atom stereocenters. The van der Waals surface area contributed by atoms with Crippen LogP contribution >= 0.6 is 15.9 Å². The molecule has 0 saturated heterocycles. The molecule has 144 valence electrons. The lowest BCUT2D eigenvalue weighted by Crippen LogP contribution is -2.06. The highest BCUT2D eigenvalue weighted by Gasteiger charge is 2.30. The molecule has 11 heteroatoms. The number of alkyl halides is 3. The van der Waals surface area contributed by atoms with Crippen molar-refractivity contribution in [2.75, 3.05) is 5.32 Å². The SMILES string of the molecule is O=[N+]([O-])c1c(Nc2ccc(C(F)(F)F)cc2)ncnc1Oc1ccc(Br)cc1. The summed E-state index contributed by atoms with van der Waals surface area (Å²) in [4.78, 5) is 18.4. The first kappa shape index (κ1) is 19.5. The standard InChI is InChI=1S/C17H10BrF3N4O3/c18-11-3-7-13(8-4-11)28-16-14(25(26)27)15(22-9-23-16)24-12-5-1-10(2-6-12)17(19,20)21/h1-9H,(H,22,23,24). The highest BCUT2D eigenvalue weighted by molar-refractivity contribution is 9.10. The van der Waals surface area contributed by atoms with Gasteiger partial charge in [0.25, 0.3) is 0 Å². The van der Waals surface area contributed by atoms with E-state index in [0.29, 0.717) is 5.75 Å². The van der Waals surface area contributed by atoms with Crippen molar-refractivity contribution in [1.82, 2.24) is 9.97 Å². The summed E-state index contributed by atoms with van der Waals surface area (Å²) in [6.45, 7) is 0. The van der Waals surface area contributed by atoms with E-state index in [0.717, 1.165) is 35.1 Å². The fourth-order valence-electron chi connectivity index (χ4n) is 2.19. The van der Waals surface area contributed by atoms with E-state index < -0.39 is 22.4 Å². The maximum absolute atomic E-state index is 12.7. The lowest BCUT2D eigenvalue weighted by Gasteiger charge is -2.11. The molecule has 1 aromatic heterocycles. The number of benzene rings is 2. The Morgan fingerprint density at radius 2 is 1.68 bits per heavy atom. The second kappa shape index (κ2) is 7.80. The van der Waals surface area contributed by atoms with E-state index in [1.165, 1.54) is 0 Å². The summed E-state index contributed by atoms with van der Waals surface area (Å²) < 4.78 is 44.2. The molecule has 3 aromatic rings. The predicted molar refractivity (Wildman–Crippen MR) is 97.6 cm³/mol. The zero-order valence-corrected chi connectivity index (χ0v) is 15.4. The van der Waals surface area contributed by atoms with E-state index in [9.17, 15) is 23.3 Å². The maximum Gasteiger partial charge on any atom is 0.416 e. The molecule has 2 aromatic carbocycles. The van der Waals surface area contributed by atoms with Crippen LogP contribution in [0.2, 0.25) is 0 Å². The Labute approximate surface area is 164 Å². The average Bonchev–Trinajstić information content (AvgIpc) is 2.63. The Balaban J connectivity index is 1.91. The lowest BCUT2D eigenvalue weighted by atomic mass is 10.2. The normalized spacial score (nSPS) is 11.1. The van der Waals surface area contributed by atoms with Crippen LogP contribution in [0.3, 0.4) is 0 Å². The van der Waals surface area contributed by atoms with Gasteiger partial charge in [0.15, 0.2) is 0 Å². The summed E-state index contributed by atoms with van der Waals surface area (Å²) >= 11 is 3.26. The van der Waals surface area contributed by atoms with Gasteiger partial charge in [-0.3, -0.25) is 10.1 Å². The van der Waals surface area contributed by atoms with E-state index in [-0.39, 0.29) is 17.4 Å². The molecule has 1 heterocycles. The molecule has 0 aliphatic heterocycles. The van der Waals surface area contributed by atoms with Crippen LogP contribution in [-0.2, 0) is 6.18 Å². The third-order valence-electron chi connectivity index (χ3n) is 3.47. The summed E-state index contributed by atoms with van der Waals surface area (Å²) in [5.41, 5.74) is -1.20. The molecule has 0 aliphatic rings. The van der Waals surface area contributed by atoms with Crippen molar-refractivity contribution in [3.63, 3.8) is 0 Å². The van der Waals surface area contributed by atoms with Crippen molar-refractivity contribution in [3.8, 4) is 11.6 Å². The van der Waals surface area contributed by atoms with E-state index in [1.807, 2.05) is 0 Å². The van der Waals surface area contributed by atoms with E-state index in [2.05, 4.69) is 31.2 Å². The Morgan fingerprint density at radius 1 is 1.04 bits per heavy atom. The summed E-state index contributed by atoms with van der Waals surface area (Å²) in [7, 11) is 0. The minimum Gasteiger partial charge on any atom is -0.434 e. The minimum absolute atomic E-state index is 0.185. The average molecular weight is 455 g/mol. The Morgan fingerprint density at radius 3 is 2.25 bits per heavy atom. The topological polar surface area (TPSA) is 90.2 Å². The number of nitrogens with one attached hydrogen (secondary N) is 1. The fourth-order valence-corrected chi connectivity index (χ4v) is 2.45. The third kappa shape index (κ3) is 4.55. The number of aromatic nitrogens is 2. The van der Waals surface area contributed by atoms with Gasteiger partial charge in [-0.2, -0.15) is 18.2 Å². The number of ether oxygens (including phenoxy) is 1. The largest absolute Gasteiger partial charge is 0.434 e. The number of rotatable bonds is 5. The van der Waals surface area contributed by atoms with E-state index in [1.54, 1.807) is 24.3 Å². The van der Waals surface area contributed by atoms with Crippen LogP contribution < -0.4 is 10.1 Å². The second-order valence-electron chi connectivity index (χ2n) is 5.39. The van der Waals surface area contributed by atoms with Crippen molar-refractivity contribution in [2.24, 2.45) is 0 Å². The van der Waals surface area contributed by atoms with Crippen LogP contribution in [-0.4, -0.2) is 14.9 Å². The smallest absolute Gasteiger partial charge is 0.416 e. The highest BCUT2D eigenvalue weighted by atomic mass is 79.9. The van der Waals surface area contributed by atoms with Crippen LogP contribution in [0.4, 0.5) is 30.4 Å². The summed E-state index contributed by atoms with van der Waals surface area (Å²) in [6, 6.07) is 10.5. The minimum atomic E-state index is -4.48. The number of hydrogen-bond acceptors (Lipinski definition) is 6. The van der Waals surface area contributed by atoms with Crippen molar-refractivity contribution in [1.29, 1.82) is 0 Å². The zero-order chi connectivity index (χ0) is 20.3. The monoisotopic (exact) mass is 454 g/mol. The first-order valence-electron chi connectivity index (χ1n) is 7.61. The quantitative estimate of drug-likeness (QED) is 0.392. The molecule has 1 N–H and O–H groups in total. The van der Waals surface area contributed by atoms with E-state index >= 15 is 0 Å². The molecule has 0 spiro atoms. The van der Waals surface area contributed by atoms with Gasteiger partial charge in [-0.1, -0.05) is 15.9 Å². The molecule has 0 bridgehead atoms. The van der Waals surface area contributed by atoms with Gasteiger partial charge in [0.05, 0.1) is 10.5 Å². The summed E-state index contributed by atoms with van der Waals surface area (Å²) in [6.07, 6.45) is -3.43. The first-order valence-corrected chi connectivity index (χ1v) is 8.40. The molecule has 0 fully saturated rings. The molecular weight excluding hydrogens is 445 g/mol. The highest BCUT2D eigenvalue weighted by Crippen LogP contribution is 2.36. The molecule has 0 aliphatic carbocycles. The second-order valence-corrected chi connectivity index (χ2v) is 6.30. The molecule has 7 nitrogen and oxygen atoms in total. The maximum atomic E-state index is 12.7. The zero-order valence-electron chi connectivity index (χ0n) is 13.8. The number of nitrogens with zero attached hydrogens (tertiary/aromatic N) is 3. The number of nitro groups is 1. The van der Waals surface area contributed by atoms with Gasteiger partial charge >= 0.3 is 17.7 Å². The molecule has 0 unspecified atom stereocenters. The lowest BCUT2D eigenvalue weighted by molar-refractivity contribution is -0.385. The molecule has 0 radical (unpaired) electrons. The van der Waals surface area contributed by atoms with Gasteiger partial charge in [0.2, 0.25) is 5.82 Å². The molecule has 28 heavy (non-hydrogen) atoms. The van der Waals surface area contributed by atoms with Crippen LogP contribution in [0.1, 0.15) is 5.56 Å². The van der Waals surface area contributed by atoms with Crippen LogP contribution in [0.5, 0.6) is 11.6 Å². The van der Waals surface area contributed by atoms with Gasteiger partial charge in [-0.05, 0) is 48.5 Å². The number of halogens is 4. The van der Waals surface area contributed by atoms with Gasteiger partial charge in [-0.15, -0.1) is 0 Å². The van der Waals surface area contributed by atoms with Crippen molar-refractivity contribution < 1.29 is 22.8 Å². The van der Waals surface area contributed by atoms with Gasteiger partial charge < -0.3 is 10.1 Å². The molecule has 0 amide bonds. The van der Waals surface area contributed by atoms with Crippen LogP contribution in [0.25, 0.3) is 0 Å². The predicted octanol–water partition coefficient (Wildman–Crippen LogP) is 5.70. The Kier molecular flexibility index (Phi) is 5.45. The van der Waals surface area contributed by atoms with Crippen LogP contribution in [0.15, 0.2) is 59.3 Å². The van der Waals surface area contributed by atoms with Gasteiger partial charge in [0, 0.05) is 10.2 Å². The van der Waals surface area contributed by atoms with Gasteiger partial charge in [0.1, 0.15) is 12.1 Å². The first-order chi connectivity index (χ1) is 13.2. The molecule has 3 rings (SSSR count). The summed E-state index contributed by atoms with van der Waals surface area (Å²) in [5, 5.41) is 14.1. The molecule has 0 saturated carbocycles. The van der Waals surface area contributed by atoms with Crippen LogP contribution in [0, 0.1) is 10.1 Å². The summed E-state index contributed by atoms with van der Waals surface area (Å²) in [5.74, 6) is -0.214. The van der Waals surface area contributed by atoms with E-state index in [4.69, 9.17) is 4.74 Å². The number of anilines is 2. The van der Waals surface area contributed by atoms with Crippen molar-refractivity contribution >= 4 is 33.1 Å². The Hall–Kier alpha value is -3.21. The van der Waals surface area contributed by atoms with Crippen molar-refractivity contribution in [3.05, 3.63) is 75.0 Å².